The number of rotatable bonds is 6. The third kappa shape index (κ3) is 3.63. The fourth-order valence-corrected chi connectivity index (χ4v) is 3.47. The summed E-state index contributed by atoms with van der Waals surface area (Å²) in [7, 11) is -1.11. The minimum Gasteiger partial charge on any atom is -0.364 e. The SMILES string of the molecule is CNC(=O)[C@H](NS(=O)(=O)c1cc(C(N)=O)n(C)c1)c1ccccc1. The second-order valence-electron chi connectivity index (χ2n) is 5.12. The summed E-state index contributed by atoms with van der Waals surface area (Å²) in [5, 5.41) is 2.43. The summed E-state index contributed by atoms with van der Waals surface area (Å²) in [6.07, 6.45) is 1.26. The van der Waals surface area contributed by atoms with Crippen LogP contribution in [0, 0.1) is 0 Å². The number of benzene rings is 1. The van der Waals surface area contributed by atoms with Crippen LogP contribution in [-0.4, -0.2) is 31.8 Å². The van der Waals surface area contributed by atoms with Crippen molar-refractivity contribution in [2.75, 3.05) is 7.05 Å². The van der Waals surface area contributed by atoms with Gasteiger partial charge in [-0.1, -0.05) is 30.3 Å². The van der Waals surface area contributed by atoms with Crippen molar-refractivity contribution in [1.29, 1.82) is 0 Å². The van der Waals surface area contributed by atoms with Crippen molar-refractivity contribution in [3.63, 3.8) is 0 Å². The number of primary amides is 1. The van der Waals surface area contributed by atoms with E-state index in [2.05, 4.69) is 10.0 Å². The lowest BCUT2D eigenvalue weighted by Crippen LogP contribution is -2.38. The molecule has 0 bridgehead atoms. The van der Waals surface area contributed by atoms with E-state index in [0.29, 0.717) is 5.56 Å². The number of aryl methyl sites for hydroxylation is 1. The zero-order chi connectivity index (χ0) is 17.9. The molecule has 8 nitrogen and oxygen atoms in total. The summed E-state index contributed by atoms with van der Waals surface area (Å²) in [4.78, 5) is 23.2. The normalized spacial score (nSPS) is 12.6. The van der Waals surface area contributed by atoms with Gasteiger partial charge in [-0.05, 0) is 11.6 Å². The Morgan fingerprint density at radius 3 is 2.33 bits per heavy atom. The van der Waals surface area contributed by atoms with Crippen LogP contribution in [0.3, 0.4) is 0 Å². The lowest BCUT2D eigenvalue weighted by molar-refractivity contribution is -0.122. The monoisotopic (exact) mass is 350 g/mol. The number of hydrogen-bond donors (Lipinski definition) is 3. The van der Waals surface area contributed by atoms with E-state index in [1.807, 2.05) is 0 Å². The Bertz CT molecular complexity index is 859. The van der Waals surface area contributed by atoms with Crippen LogP contribution in [0.15, 0.2) is 47.5 Å². The molecule has 2 amide bonds. The molecule has 9 heteroatoms. The molecular weight excluding hydrogens is 332 g/mol. The van der Waals surface area contributed by atoms with Crippen molar-refractivity contribution in [3.8, 4) is 0 Å². The van der Waals surface area contributed by atoms with Crippen LogP contribution < -0.4 is 15.8 Å². The topological polar surface area (TPSA) is 123 Å². The molecule has 0 radical (unpaired) electrons. The highest BCUT2D eigenvalue weighted by atomic mass is 32.2. The number of likely N-dealkylation sites (N-methyl/N-ethyl adjacent to an activating group) is 1. The molecule has 1 aromatic carbocycles. The predicted molar refractivity (Wildman–Crippen MR) is 87.5 cm³/mol. The van der Waals surface area contributed by atoms with Gasteiger partial charge in [0.25, 0.3) is 5.91 Å². The smallest absolute Gasteiger partial charge is 0.265 e. The molecule has 0 aliphatic heterocycles. The molecule has 2 rings (SSSR count). The van der Waals surface area contributed by atoms with Crippen LogP contribution in [0.25, 0.3) is 0 Å². The molecule has 2 aromatic rings. The van der Waals surface area contributed by atoms with Gasteiger partial charge < -0.3 is 15.6 Å². The highest BCUT2D eigenvalue weighted by Gasteiger charge is 2.28. The Morgan fingerprint density at radius 1 is 1.21 bits per heavy atom. The Kier molecular flexibility index (Phi) is 5.05. The van der Waals surface area contributed by atoms with Crippen molar-refractivity contribution in [3.05, 3.63) is 53.9 Å². The minimum atomic E-state index is -4.04. The first kappa shape index (κ1) is 17.7. The molecule has 0 aliphatic carbocycles. The quantitative estimate of drug-likeness (QED) is 0.672. The van der Waals surface area contributed by atoms with Gasteiger partial charge in [0.05, 0.1) is 0 Å². The molecule has 24 heavy (non-hydrogen) atoms. The zero-order valence-corrected chi connectivity index (χ0v) is 14.0. The predicted octanol–water partition coefficient (Wildman–Crippen LogP) is -0.110. The van der Waals surface area contributed by atoms with Gasteiger partial charge in [0.2, 0.25) is 15.9 Å². The third-order valence-electron chi connectivity index (χ3n) is 3.46. The van der Waals surface area contributed by atoms with Crippen molar-refractivity contribution in [1.82, 2.24) is 14.6 Å². The number of sulfonamides is 1. The summed E-state index contributed by atoms with van der Waals surface area (Å²) in [6.45, 7) is 0. The molecule has 128 valence electrons. The van der Waals surface area contributed by atoms with Crippen molar-refractivity contribution < 1.29 is 18.0 Å². The maximum absolute atomic E-state index is 12.6. The molecular formula is C15H18N4O4S. The van der Waals surface area contributed by atoms with Gasteiger partial charge >= 0.3 is 0 Å². The molecule has 0 aliphatic rings. The van der Waals surface area contributed by atoms with Gasteiger partial charge in [0.1, 0.15) is 16.6 Å². The summed E-state index contributed by atoms with van der Waals surface area (Å²) in [5.41, 5.74) is 5.73. The van der Waals surface area contributed by atoms with E-state index >= 15 is 0 Å². The summed E-state index contributed by atoms with van der Waals surface area (Å²) < 4.78 is 28.8. The Hall–Kier alpha value is -2.65. The van der Waals surface area contributed by atoms with E-state index in [1.54, 1.807) is 30.3 Å². The van der Waals surface area contributed by atoms with Gasteiger partial charge in [-0.15, -0.1) is 0 Å². The number of carbonyl (C=O) groups is 2. The number of aromatic nitrogens is 1. The Labute approximate surface area is 139 Å². The second kappa shape index (κ2) is 6.85. The van der Waals surface area contributed by atoms with Crippen molar-refractivity contribution in [2.24, 2.45) is 12.8 Å². The van der Waals surface area contributed by atoms with Gasteiger partial charge in [-0.2, -0.15) is 4.72 Å². The summed E-state index contributed by atoms with van der Waals surface area (Å²) in [5.74, 6) is -1.25. The third-order valence-corrected chi connectivity index (χ3v) is 4.85. The second-order valence-corrected chi connectivity index (χ2v) is 6.83. The first-order valence-corrected chi connectivity index (χ1v) is 8.49. The van der Waals surface area contributed by atoms with Crippen LogP contribution >= 0.6 is 0 Å². The molecule has 1 atom stereocenters. The lowest BCUT2D eigenvalue weighted by Gasteiger charge is -2.17. The number of nitrogens with one attached hydrogen (secondary N) is 2. The van der Waals surface area contributed by atoms with Crippen LogP contribution in [-0.2, 0) is 21.9 Å². The maximum Gasteiger partial charge on any atom is 0.265 e. The molecule has 0 fully saturated rings. The van der Waals surface area contributed by atoms with E-state index in [-0.39, 0.29) is 10.6 Å². The molecule has 4 N–H and O–H groups in total. The van der Waals surface area contributed by atoms with Gasteiger partial charge in [-0.25, -0.2) is 8.42 Å². The average molecular weight is 350 g/mol. The van der Waals surface area contributed by atoms with E-state index < -0.39 is 27.9 Å². The van der Waals surface area contributed by atoms with Crippen molar-refractivity contribution >= 4 is 21.8 Å². The lowest BCUT2D eigenvalue weighted by atomic mass is 10.1. The molecule has 1 heterocycles. The van der Waals surface area contributed by atoms with Crippen LogP contribution in [0.4, 0.5) is 0 Å². The van der Waals surface area contributed by atoms with Gasteiger partial charge in [0, 0.05) is 20.3 Å². The average Bonchev–Trinajstić information content (AvgIpc) is 2.96. The van der Waals surface area contributed by atoms with Crippen molar-refractivity contribution in [2.45, 2.75) is 10.9 Å². The van der Waals surface area contributed by atoms with Gasteiger partial charge in [0.15, 0.2) is 0 Å². The van der Waals surface area contributed by atoms with Crippen LogP contribution in [0.5, 0.6) is 0 Å². The molecule has 1 aromatic heterocycles. The number of carbonyl (C=O) groups excluding carboxylic acids is 2. The Balaban J connectivity index is 2.39. The molecule has 0 unspecified atom stereocenters. The van der Waals surface area contributed by atoms with E-state index in [4.69, 9.17) is 5.73 Å². The first-order chi connectivity index (χ1) is 11.3. The van der Waals surface area contributed by atoms with Crippen LogP contribution in [0.2, 0.25) is 0 Å². The standard InChI is InChI=1S/C15H18N4O4S/c1-17-15(21)13(10-6-4-3-5-7-10)18-24(22,23)11-8-12(14(16)20)19(2)9-11/h3-9,13,18H,1-2H3,(H2,16,20)(H,17,21)/t13-/m1/s1. The van der Waals surface area contributed by atoms with E-state index in [0.717, 1.165) is 6.07 Å². The van der Waals surface area contributed by atoms with E-state index in [9.17, 15) is 18.0 Å². The number of nitrogens with zero attached hydrogens (tertiary/aromatic N) is 1. The summed E-state index contributed by atoms with van der Waals surface area (Å²) >= 11 is 0. The molecule has 0 saturated carbocycles. The Morgan fingerprint density at radius 2 is 1.83 bits per heavy atom. The number of hydrogen-bond acceptors (Lipinski definition) is 4. The zero-order valence-electron chi connectivity index (χ0n) is 13.2. The fourth-order valence-electron chi connectivity index (χ4n) is 2.21. The van der Waals surface area contributed by atoms with E-state index in [1.165, 1.54) is 24.9 Å². The maximum atomic E-state index is 12.6. The highest BCUT2D eigenvalue weighted by molar-refractivity contribution is 7.89. The number of nitrogens with two attached hydrogens (primary N) is 1. The first-order valence-electron chi connectivity index (χ1n) is 7.01. The highest BCUT2D eigenvalue weighted by Crippen LogP contribution is 2.19. The minimum absolute atomic E-state index is 0.0478. The fraction of sp³-hybridized carbons (Fsp3) is 0.200. The largest absolute Gasteiger partial charge is 0.364 e. The van der Waals surface area contributed by atoms with Crippen LogP contribution in [0.1, 0.15) is 22.1 Å². The molecule has 0 saturated heterocycles. The summed E-state index contributed by atoms with van der Waals surface area (Å²) in [6, 6.07) is 8.51. The van der Waals surface area contributed by atoms with Gasteiger partial charge in [-0.3, -0.25) is 9.59 Å². The number of amides is 2. The molecule has 0 spiro atoms.